The number of methoxy groups -OCH3 is 1. The molecule has 0 aliphatic heterocycles. The van der Waals surface area contributed by atoms with E-state index in [2.05, 4.69) is 36.2 Å². The van der Waals surface area contributed by atoms with Crippen LogP contribution in [-0.4, -0.2) is 12.1 Å². The van der Waals surface area contributed by atoms with Gasteiger partial charge in [0.1, 0.15) is 0 Å². The van der Waals surface area contributed by atoms with E-state index < -0.39 is 0 Å². The van der Waals surface area contributed by atoms with Crippen LogP contribution in [0.5, 0.6) is 5.88 Å². The monoisotopic (exact) mass is 223 g/mol. The summed E-state index contributed by atoms with van der Waals surface area (Å²) >= 11 is 0. The van der Waals surface area contributed by atoms with E-state index in [1.54, 1.807) is 7.11 Å². The first-order valence-electron chi connectivity index (χ1n) is 5.62. The number of benzene rings is 2. The van der Waals surface area contributed by atoms with E-state index in [4.69, 9.17) is 4.74 Å². The zero-order valence-corrected chi connectivity index (χ0v) is 9.90. The van der Waals surface area contributed by atoms with Gasteiger partial charge in [0.05, 0.1) is 12.6 Å². The lowest BCUT2D eigenvalue weighted by Crippen LogP contribution is -1.91. The first-order valence-corrected chi connectivity index (χ1v) is 5.62. The van der Waals surface area contributed by atoms with Gasteiger partial charge in [0.2, 0.25) is 5.88 Å². The summed E-state index contributed by atoms with van der Waals surface area (Å²) in [6, 6.07) is 14.5. The Morgan fingerprint density at radius 3 is 2.65 bits per heavy atom. The first-order chi connectivity index (χ1) is 8.29. The molecule has 2 nitrogen and oxygen atoms in total. The van der Waals surface area contributed by atoms with E-state index in [0.29, 0.717) is 5.88 Å². The van der Waals surface area contributed by atoms with E-state index >= 15 is 0 Å². The van der Waals surface area contributed by atoms with Gasteiger partial charge in [-0.05, 0) is 17.9 Å². The normalized spacial score (nSPS) is 10.9. The van der Waals surface area contributed by atoms with Crippen LogP contribution < -0.4 is 4.74 Å². The van der Waals surface area contributed by atoms with Crippen LogP contribution in [-0.2, 0) is 0 Å². The van der Waals surface area contributed by atoms with Gasteiger partial charge in [-0.3, -0.25) is 0 Å². The number of ether oxygens (including phenoxy) is 1. The number of aromatic nitrogens is 1. The predicted octanol–water partition coefficient (Wildman–Crippen LogP) is 3.71. The van der Waals surface area contributed by atoms with Crippen molar-refractivity contribution in [3.8, 4) is 5.88 Å². The molecule has 1 aromatic heterocycles. The highest BCUT2D eigenvalue weighted by Crippen LogP contribution is 2.28. The Kier molecular flexibility index (Phi) is 2.22. The van der Waals surface area contributed by atoms with Crippen molar-refractivity contribution in [3.63, 3.8) is 0 Å². The van der Waals surface area contributed by atoms with Crippen molar-refractivity contribution in [2.24, 2.45) is 0 Å². The smallest absolute Gasteiger partial charge is 0.213 e. The van der Waals surface area contributed by atoms with Crippen LogP contribution in [0.2, 0.25) is 0 Å². The lowest BCUT2D eigenvalue weighted by molar-refractivity contribution is 0.399. The second kappa shape index (κ2) is 3.74. The minimum absolute atomic E-state index is 0.673. The molecule has 0 N–H and O–H groups in total. The van der Waals surface area contributed by atoms with E-state index in [0.717, 1.165) is 5.52 Å². The van der Waals surface area contributed by atoms with Crippen LogP contribution in [0.4, 0.5) is 0 Å². The van der Waals surface area contributed by atoms with Crippen LogP contribution in [0.3, 0.4) is 0 Å². The Morgan fingerprint density at radius 2 is 1.82 bits per heavy atom. The van der Waals surface area contributed by atoms with Crippen molar-refractivity contribution in [2.45, 2.75) is 6.92 Å². The van der Waals surface area contributed by atoms with Crippen LogP contribution in [0.15, 0.2) is 42.5 Å². The Hall–Kier alpha value is -2.09. The van der Waals surface area contributed by atoms with Crippen LogP contribution in [0.25, 0.3) is 21.7 Å². The Morgan fingerprint density at radius 1 is 1.00 bits per heavy atom. The molecule has 0 bridgehead atoms. The SMILES string of the molecule is COc1cc(C)c2ccc3ccccc3c2n1. The fraction of sp³-hybridized carbons (Fsp3) is 0.133. The molecule has 0 atom stereocenters. The molecule has 0 aliphatic rings. The minimum Gasteiger partial charge on any atom is -0.481 e. The van der Waals surface area contributed by atoms with E-state index in [9.17, 15) is 0 Å². The quantitative estimate of drug-likeness (QED) is 0.587. The minimum atomic E-state index is 0.673. The van der Waals surface area contributed by atoms with Crippen molar-refractivity contribution in [2.75, 3.05) is 7.11 Å². The molecule has 3 rings (SSSR count). The Balaban J connectivity index is 2.51. The number of hydrogen-bond donors (Lipinski definition) is 0. The molecule has 0 amide bonds. The average Bonchev–Trinajstić information content (AvgIpc) is 2.38. The molecular formula is C15H13NO. The number of hydrogen-bond acceptors (Lipinski definition) is 2. The van der Waals surface area contributed by atoms with Gasteiger partial charge in [-0.25, -0.2) is 4.98 Å². The molecule has 0 aliphatic carbocycles. The number of nitrogens with zero attached hydrogens (tertiary/aromatic N) is 1. The summed E-state index contributed by atoms with van der Waals surface area (Å²) in [7, 11) is 1.65. The maximum atomic E-state index is 5.24. The summed E-state index contributed by atoms with van der Waals surface area (Å²) in [5.41, 5.74) is 2.21. The molecule has 84 valence electrons. The lowest BCUT2D eigenvalue weighted by atomic mass is 10.0. The van der Waals surface area contributed by atoms with E-state index in [1.165, 1.54) is 21.7 Å². The molecule has 0 radical (unpaired) electrons. The third-order valence-corrected chi connectivity index (χ3v) is 3.10. The molecule has 1 heterocycles. The third kappa shape index (κ3) is 1.53. The highest BCUT2D eigenvalue weighted by atomic mass is 16.5. The zero-order valence-electron chi connectivity index (χ0n) is 9.90. The molecule has 0 spiro atoms. The van der Waals surface area contributed by atoms with Crippen molar-refractivity contribution >= 4 is 21.7 Å². The van der Waals surface area contributed by atoms with Gasteiger partial charge in [0, 0.05) is 16.8 Å². The second-order valence-corrected chi connectivity index (χ2v) is 4.16. The maximum absolute atomic E-state index is 5.24. The van der Waals surface area contributed by atoms with Gasteiger partial charge in [0.25, 0.3) is 0 Å². The Labute approximate surface area is 99.9 Å². The van der Waals surface area contributed by atoms with E-state index in [-0.39, 0.29) is 0 Å². The van der Waals surface area contributed by atoms with Gasteiger partial charge in [-0.1, -0.05) is 36.4 Å². The fourth-order valence-corrected chi connectivity index (χ4v) is 2.20. The fourth-order valence-electron chi connectivity index (χ4n) is 2.20. The average molecular weight is 223 g/mol. The van der Waals surface area contributed by atoms with Gasteiger partial charge < -0.3 is 4.74 Å². The first kappa shape index (κ1) is 10.1. The molecule has 17 heavy (non-hydrogen) atoms. The lowest BCUT2D eigenvalue weighted by Gasteiger charge is -2.08. The van der Waals surface area contributed by atoms with Gasteiger partial charge in [0.15, 0.2) is 0 Å². The summed E-state index contributed by atoms with van der Waals surface area (Å²) in [5.74, 6) is 0.673. The molecule has 3 aromatic rings. The third-order valence-electron chi connectivity index (χ3n) is 3.10. The number of pyridine rings is 1. The summed E-state index contributed by atoms with van der Waals surface area (Å²) in [5, 5.41) is 3.57. The van der Waals surface area contributed by atoms with Crippen molar-refractivity contribution in [1.82, 2.24) is 4.98 Å². The second-order valence-electron chi connectivity index (χ2n) is 4.16. The molecule has 0 fully saturated rings. The standard InChI is InChI=1S/C15H13NO/c1-10-9-14(17-2)16-15-12(10)8-7-11-5-3-4-6-13(11)15/h3-9H,1-2H3. The summed E-state index contributed by atoms with van der Waals surface area (Å²) in [4.78, 5) is 4.56. The molecule has 0 saturated carbocycles. The largest absolute Gasteiger partial charge is 0.481 e. The van der Waals surface area contributed by atoms with Crippen LogP contribution in [0.1, 0.15) is 5.56 Å². The summed E-state index contributed by atoms with van der Waals surface area (Å²) in [6.45, 7) is 2.08. The van der Waals surface area contributed by atoms with Gasteiger partial charge in [-0.2, -0.15) is 0 Å². The van der Waals surface area contributed by atoms with Gasteiger partial charge in [-0.15, -0.1) is 0 Å². The van der Waals surface area contributed by atoms with Crippen LogP contribution in [0, 0.1) is 6.92 Å². The van der Waals surface area contributed by atoms with Crippen molar-refractivity contribution in [1.29, 1.82) is 0 Å². The molecule has 2 aromatic carbocycles. The zero-order chi connectivity index (χ0) is 11.8. The summed E-state index contributed by atoms with van der Waals surface area (Å²) in [6.07, 6.45) is 0. The highest BCUT2D eigenvalue weighted by molar-refractivity contribution is 6.06. The molecular weight excluding hydrogens is 210 g/mol. The summed E-state index contributed by atoms with van der Waals surface area (Å²) < 4.78 is 5.24. The van der Waals surface area contributed by atoms with Crippen molar-refractivity contribution in [3.05, 3.63) is 48.0 Å². The number of fused-ring (bicyclic) bond motifs is 3. The molecule has 2 heteroatoms. The van der Waals surface area contributed by atoms with Gasteiger partial charge >= 0.3 is 0 Å². The topological polar surface area (TPSA) is 22.1 Å². The Bertz CT molecular complexity index is 704. The predicted molar refractivity (Wildman–Crippen MR) is 70.5 cm³/mol. The highest BCUT2D eigenvalue weighted by Gasteiger charge is 2.06. The number of rotatable bonds is 1. The molecule has 0 unspecified atom stereocenters. The molecule has 0 saturated heterocycles. The maximum Gasteiger partial charge on any atom is 0.213 e. The van der Waals surface area contributed by atoms with Crippen molar-refractivity contribution < 1.29 is 4.74 Å². The number of aryl methyl sites for hydroxylation is 1. The van der Waals surface area contributed by atoms with Crippen LogP contribution >= 0.6 is 0 Å². The van der Waals surface area contributed by atoms with E-state index in [1.807, 2.05) is 18.2 Å².